The monoisotopic (exact) mass is 226 g/mol. The van der Waals surface area contributed by atoms with E-state index in [1.807, 2.05) is 18.4 Å². The molecule has 0 aromatic carbocycles. The summed E-state index contributed by atoms with van der Waals surface area (Å²) < 4.78 is 0. The fourth-order valence-electron chi connectivity index (χ4n) is 1.32. The number of hydrogen-bond acceptors (Lipinski definition) is 3. The van der Waals surface area contributed by atoms with Crippen molar-refractivity contribution < 1.29 is 4.79 Å². The summed E-state index contributed by atoms with van der Waals surface area (Å²) in [6, 6.07) is 4.11. The first kappa shape index (κ1) is 12.2. The van der Waals surface area contributed by atoms with Gasteiger partial charge in [0, 0.05) is 17.3 Å². The third kappa shape index (κ3) is 4.44. The molecule has 1 atom stereocenters. The van der Waals surface area contributed by atoms with Crippen LogP contribution in [-0.2, 0) is 11.2 Å². The zero-order valence-corrected chi connectivity index (χ0v) is 9.85. The molecule has 1 amide bonds. The Bertz CT molecular complexity index is 285. The van der Waals surface area contributed by atoms with Crippen LogP contribution in [0.4, 0.5) is 0 Å². The minimum absolute atomic E-state index is 0.0262. The van der Waals surface area contributed by atoms with Gasteiger partial charge in [0.25, 0.3) is 0 Å². The van der Waals surface area contributed by atoms with Gasteiger partial charge in [-0.15, -0.1) is 11.3 Å². The van der Waals surface area contributed by atoms with E-state index in [0.29, 0.717) is 13.1 Å². The Kier molecular flexibility index (Phi) is 5.36. The van der Waals surface area contributed by atoms with E-state index in [1.165, 1.54) is 4.88 Å². The van der Waals surface area contributed by atoms with Gasteiger partial charge in [0.1, 0.15) is 0 Å². The van der Waals surface area contributed by atoms with Gasteiger partial charge in [0.05, 0.1) is 0 Å². The highest BCUT2D eigenvalue weighted by atomic mass is 32.1. The molecule has 0 saturated carbocycles. The summed E-state index contributed by atoms with van der Waals surface area (Å²) >= 11 is 1.72. The van der Waals surface area contributed by atoms with Gasteiger partial charge < -0.3 is 11.1 Å². The standard InChI is InChI=1S/C11H18N2OS/c1-9(4-6-12)11(14)13-7-5-10-3-2-8-15-10/h2-3,8-9H,4-7,12H2,1H3,(H,13,14). The molecule has 0 saturated heterocycles. The van der Waals surface area contributed by atoms with E-state index in [9.17, 15) is 4.79 Å². The first-order valence-corrected chi connectivity index (χ1v) is 6.12. The summed E-state index contributed by atoms with van der Waals surface area (Å²) in [7, 11) is 0. The molecule has 1 unspecified atom stereocenters. The molecule has 1 rings (SSSR count). The van der Waals surface area contributed by atoms with Crippen LogP contribution < -0.4 is 11.1 Å². The summed E-state index contributed by atoms with van der Waals surface area (Å²) in [5, 5.41) is 4.97. The largest absolute Gasteiger partial charge is 0.356 e. The lowest BCUT2D eigenvalue weighted by atomic mass is 10.1. The van der Waals surface area contributed by atoms with E-state index >= 15 is 0 Å². The second kappa shape index (κ2) is 6.58. The maximum atomic E-state index is 11.5. The van der Waals surface area contributed by atoms with Crippen molar-refractivity contribution in [3.05, 3.63) is 22.4 Å². The van der Waals surface area contributed by atoms with Gasteiger partial charge in [0.15, 0.2) is 0 Å². The molecule has 15 heavy (non-hydrogen) atoms. The van der Waals surface area contributed by atoms with E-state index in [1.54, 1.807) is 11.3 Å². The van der Waals surface area contributed by atoms with Crippen molar-refractivity contribution in [1.82, 2.24) is 5.32 Å². The highest BCUT2D eigenvalue weighted by Crippen LogP contribution is 2.08. The zero-order valence-electron chi connectivity index (χ0n) is 9.03. The lowest BCUT2D eigenvalue weighted by molar-refractivity contribution is -0.124. The molecule has 0 aliphatic heterocycles. The van der Waals surface area contributed by atoms with E-state index < -0.39 is 0 Å². The van der Waals surface area contributed by atoms with Crippen LogP contribution in [0, 0.1) is 5.92 Å². The highest BCUT2D eigenvalue weighted by Gasteiger charge is 2.10. The summed E-state index contributed by atoms with van der Waals surface area (Å²) in [5.41, 5.74) is 5.39. The molecule has 4 heteroatoms. The Morgan fingerprint density at radius 1 is 1.67 bits per heavy atom. The summed E-state index contributed by atoms with van der Waals surface area (Å²) in [6.07, 6.45) is 1.67. The molecule has 0 bridgehead atoms. The van der Waals surface area contributed by atoms with Gasteiger partial charge >= 0.3 is 0 Å². The van der Waals surface area contributed by atoms with Crippen molar-refractivity contribution in [2.75, 3.05) is 13.1 Å². The summed E-state index contributed by atoms with van der Waals surface area (Å²) in [4.78, 5) is 12.8. The lowest BCUT2D eigenvalue weighted by Crippen LogP contribution is -2.31. The number of nitrogens with two attached hydrogens (primary N) is 1. The fourth-order valence-corrected chi connectivity index (χ4v) is 2.03. The molecule has 1 aromatic rings. The van der Waals surface area contributed by atoms with E-state index in [2.05, 4.69) is 11.4 Å². The Hall–Kier alpha value is -0.870. The van der Waals surface area contributed by atoms with Crippen LogP contribution in [0.15, 0.2) is 17.5 Å². The molecule has 0 radical (unpaired) electrons. The van der Waals surface area contributed by atoms with Gasteiger partial charge in [-0.1, -0.05) is 13.0 Å². The Labute approximate surface area is 94.7 Å². The van der Waals surface area contributed by atoms with Crippen molar-refractivity contribution in [3.8, 4) is 0 Å². The topological polar surface area (TPSA) is 55.1 Å². The molecule has 0 spiro atoms. The highest BCUT2D eigenvalue weighted by molar-refractivity contribution is 7.09. The molecule has 1 heterocycles. The van der Waals surface area contributed by atoms with Crippen molar-refractivity contribution in [3.63, 3.8) is 0 Å². The third-order valence-corrected chi connectivity index (χ3v) is 3.23. The van der Waals surface area contributed by atoms with Crippen LogP contribution >= 0.6 is 11.3 Å². The van der Waals surface area contributed by atoms with Crippen LogP contribution in [-0.4, -0.2) is 19.0 Å². The number of carbonyl (C=O) groups is 1. The van der Waals surface area contributed by atoms with Crippen molar-refractivity contribution in [1.29, 1.82) is 0 Å². The molecule has 1 aromatic heterocycles. The molecule has 0 aliphatic rings. The Balaban J connectivity index is 2.17. The van der Waals surface area contributed by atoms with Crippen LogP contribution in [0.1, 0.15) is 18.2 Å². The third-order valence-electron chi connectivity index (χ3n) is 2.30. The average Bonchev–Trinajstić information content (AvgIpc) is 2.71. The maximum Gasteiger partial charge on any atom is 0.222 e. The van der Waals surface area contributed by atoms with Crippen LogP contribution in [0.3, 0.4) is 0 Å². The predicted molar refractivity (Wildman–Crippen MR) is 63.9 cm³/mol. The molecule has 0 fully saturated rings. The number of amides is 1. The molecule has 3 nitrogen and oxygen atoms in total. The van der Waals surface area contributed by atoms with E-state index in [0.717, 1.165) is 12.8 Å². The number of thiophene rings is 1. The summed E-state index contributed by atoms with van der Waals surface area (Å²) in [5.74, 6) is 0.135. The fraction of sp³-hybridized carbons (Fsp3) is 0.545. The second-order valence-corrected chi connectivity index (χ2v) is 4.63. The SMILES string of the molecule is CC(CCN)C(=O)NCCc1cccs1. The van der Waals surface area contributed by atoms with Gasteiger partial charge in [-0.3, -0.25) is 4.79 Å². The number of carbonyl (C=O) groups excluding carboxylic acids is 1. The molecule has 84 valence electrons. The van der Waals surface area contributed by atoms with Crippen LogP contribution in [0.5, 0.6) is 0 Å². The molecular weight excluding hydrogens is 208 g/mol. The lowest BCUT2D eigenvalue weighted by Gasteiger charge is -2.10. The Morgan fingerprint density at radius 3 is 3.07 bits per heavy atom. The quantitative estimate of drug-likeness (QED) is 0.770. The van der Waals surface area contributed by atoms with Gasteiger partial charge in [0.2, 0.25) is 5.91 Å². The molecule has 3 N–H and O–H groups in total. The number of nitrogens with one attached hydrogen (secondary N) is 1. The molecule has 0 aliphatic carbocycles. The number of rotatable bonds is 6. The molecular formula is C11H18N2OS. The predicted octanol–water partition coefficient (Wildman–Crippen LogP) is 1.39. The second-order valence-electron chi connectivity index (χ2n) is 3.60. The van der Waals surface area contributed by atoms with Gasteiger partial charge in [-0.25, -0.2) is 0 Å². The van der Waals surface area contributed by atoms with Crippen molar-refractivity contribution >= 4 is 17.2 Å². The first-order valence-electron chi connectivity index (χ1n) is 5.24. The normalized spacial score (nSPS) is 12.4. The van der Waals surface area contributed by atoms with Crippen LogP contribution in [0.25, 0.3) is 0 Å². The van der Waals surface area contributed by atoms with Crippen molar-refractivity contribution in [2.45, 2.75) is 19.8 Å². The van der Waals surface area contributed by atoms with E-state index in [-0.39, 0.29) is 11.8 Å². The number of hydrogen-bond donors (Lipinski definition) is 2. The van der Waals surface area contributed by atoms with E-state index in [4.69, 9.17) is 5.73 Å². The smallest absolute Gasteiger partial charge is 0.222 e. The first-order chi connectivity index (χ1) is 7.24. The minimum atomic E-state index is 0.0262. The van der Waals surface area contributed by atoms with Crippen LogP contribution in [0.2, 0.25) is 0 Å². The van der Waals surface area contributed by atoms with Crippen molar-refractivity contribution in [2.24, 2.45) is 11.7 Å². The Morgan fingerprint density at radius 2 is 2.47 bits per heavy atom. The summed E-state index contributed by atoms with van der Waals surface area (Å²) in [6.45, 7) is 3.20. The van der Waals surface area contributed by atoms with Gasteiger partial charge in [-0.05, 0) is 30.8 Å². The maximum absolute atomic E-state index is 11.5. The average molecular weight is 226 g/mol. The van der Waals surface area contributed by atoms with Gasteiger partial charge in [-0.2, -0.15) is 0 Å². The zero-order chi connectivity index (χ0) is 11.1. The minimum Gasteiger partial charge on any atom is -0.356 e.